The number of aliphatic imine (C=N–C) groups is 1. The van der Waals surface area contributed by atoms with Crippen molar-refractivity contribution in [3.8, 4) is 0 Å². The molecule has 0 saturated carbocycles. The molecule has 0 aromatic heterocycles. The van der Waals surface area contributed by atoms with Gasteiger partial charge < -0.3 is 85.7 Å². The Kier molecular flexibility index (Phi) is 32.2. The molecule has 1 aromatic carbocycles. The monoisotopic (exact) mass is 1270 g/mol. The second kappa shape index (κ2) is 36.9. The summed E-state index contributed by atoms with van der Waals surface area (Å²) in [6, 6.07) is -6.57. The molecule has 1 aromatic rings. The van der Waals surface area contributed by atoms with Gasteiger partial charge in [-0.2, -0.15) is 0 Å². The van der Waals surface area contributed by atoms with Crippen LogP contribution in [0, 0.1) is 34.5 Å². The maximum atomic E-state index is 15.3. The van der Waals surface area contributed by atoms with Gasteiger partial charge in [-0.1, -0.05) is 126 Å². The van der Waals surface area contributed by atoms with Crippen molar-refractivity contribution in [3.63, 3.8) is 0 Å². The number of rotatable bonds is 21. The number of allylic oxidation sites excluding steroid dienone is 1. The van der Waals surface area contributed by atoms with Crippen LogP contribution in [0.15, 0.2) is 47.5 Å². The van der Waals surface area contributed by atoms with Gasteiger partial charge in [0, 0.05) is 6.54 Å². The van der Waals surface area contributed by atoms with Crippen molar-refractivity contribution in [1.82, 2.24) is 53.2 Å². The van der Waals surface area contributed by atoms with Crippen LogP contribution in [0.4, 0.5) is 0 Å². The van der Waals surface area contributed by atoms with E-state index in [4.69, 9.17) is 17.2 Å². The second-order valence-electron chi connectivity index (χ2n) is 26.5. The lowest BCUT2D eigenvalue weighted by atomic mass is 9.85. The van der Waals surface area contributed by atoms with E-state index in [0.717, 1.165) is 0 Å². The first-order valence-corrected chi connectivity index (χ1v) is 30.8. The first kappa shape index (κ1) is 78.5. The van der Waals surface area contributed by atoms with Crippen LogP contribution in [-0.2, 0) is 52.7 Å². The molecule has 0 spiro atoms. The number of ketones is 1. The number of nitrogens with two attached hydrogens (primary N) is 3. The molecule has 506 valence electrons. The number of hydrogen-bond acceptors (Lipinski definition) is 16. The van der Waals surface area contributed by atoms with Gasteiger partial charge in [-0.05, 0) is 92.6 Å². The standard InChI is InChI=1S/C62H104N14O14/c1-15-34(6)46-58(89)74-47(36(8)78)57(88)67-30-45(80)68-35(7)51(82)72-43(31-77)56(87)75-48(37-21-17-16-18-22-37)38(23-19-25-44(79)42(29-62(12,13)14)71-53(84)39(63)28-61(9,10)11)52(83)76-49(50(81)33(4)5)59(90)70-41(27-32(2)3)55(86)69-40(54(85)73-46)24-20-26-66-60(64)65/h16-19,21-22,25,32-36,38-43,46-50,77-78,81H,15,20,23-24,26-31,63H2,1-14H3,(H,67,88)(H,68,80)(H,69,86)(H,70,90)(H,71,84)(H,72,82)(H,73,85)(H,74,89)(H,75,87)(H,76,83)(H4,64,65,66)/b25-19+/t34-,35?,36-,38?,39+,40+,41-,42?,43-,46-,47-,48+,49-,50+/m0/s1. The highest BCUT2D eigenvalue weighted by Crippen LogP contribution is 2.28. The zero-order valence-corrected chi connectivity index (χ0v) is 54.9. The Bertz CT molecular complexity index is 2650. The molecular weight excluding hydrogens is 1160 g/mol. The van der Waals surface area contributed by atoms with Gasteiger partial charge in [0.2, 0.25) is 59.1 Å². The third-order valence-corrected chi connectivity index (χ3v) is 14.9. The number of aliphatic hydroxyl groups is 3. The molecule has 2 rings (SSSR count). The Morgan fingerprint density at radius 2 is 1.23 bits per heavy atom. The molecule has 1 fully saturated rings. The largest absolute Gasteiger partial charge is 0.394 e. The van der Waals surface area contributed by atoms with Crippen LogP contribution in [0.5, 0.6) is 0 Å². The van der Waals surface area contributed by atoms with E-state index < -0.39 is 180 Å². The lowest BCUT2D eigenvalue weighted by Crippen LogP contribution is -2.62. The number of nitrogens with one attached hydrogen (secondary N) is 10. The molecule has 1 aliphatic rings. The fourth-order valence-electron chi connectivity index (χ4n) is 9.73. The number of guanidine groups is 1. The molecule has 0 radical (unpaired) electrons. The predicted molar refractivity (Wildman–Crippen MR) is 338 cm³/mol. The van der Waals surface area contributed by atoms with Crippen molar-refractivity contribution in [2.75, 3.05) is 19.7 Å². The summed E-state index contributed by atoms with van der Waals surface area (Å²) in [6.45, 7) is 22.0. The summed E-state index contributed by atoms with van der Waals surface area (Å²) in [5, 5.41) is 58.9. The summed E-state index contributed by atoms with van der Waals surface area (Å²) in [7, 11) is 0. The third kappa shape index (κ3) is 27.3. The minimum Gasteiger partial charge on any atom is -0.394 e. The Morgan fingerprint density at radius 1 is 0.689 bits per heavy atom. The minimum atomic E-state index is -1.85. The molecule has 0 aliphatic carbocycles. The number of amides is 10. The summed E-state index contributed by atoms with van der Waals surface area (Å²) < 4.78 is 0. The van der Waals surface area contributed by atoms with Gasteiger partial charge in [0.25, 0.3) is 0 Å². The Morgan fingerprint density at radius 3 is 1.78 bits per heavy atom. The van der Waals surface area contributed by atoms with Crippen LogP contribution in [0.2, 0.25) is 0 Å². The minimum absolute atomic E-state index is 0.0000804. The van der Waals surface area contributed by atoms with Crippen LogP contribution >= 0.6 is 0 Å². The second-order valence-corrected chi connectivity index (χ2v) is 26.5. The molecule has 3 unspecified atom stereocenters. The fraction of sp³-hybridized carbons (Fsp3) is 0.677. The number of benzene rings is 1. The molecular formula is C62H104N14O14. The first-order valence-electron chi connectivity index (χ1n) is 30.8. The zero-order valence-electron chi connectivity index (χ0n) is 54.9. The van der Waals surface area contributed by atoms with Gasteiger partial charge in [0.15, 0.2) is 11.7 Å². The average molecular weight is 1270 g/mol. The highest BCUT2D eigenvalue weighted by molar-refractivity contribution is 5.99. The molecule has 0 bridgehead atoms. The van der Waals surface area contributed by atoms with E-state index >= 15 is 4.79 Å². The zero-order chi connectivity index (χ0) is 68.5. The SMILES string of the molecule is CC[C@H](C)[C@@H]1NC(=O)[C@@H](CCCN=C(N)N)NC(=O)[C@H](CC(C)C)NC(=O)[C@H]([C@H](O)C(C)C)NC(=O)C(C/C=C/C(=O)C(CC(C)(C)C)NC(=O)[C@H](N)CC(C)(C)C)[C@@H](c2ccccc2)NC(=O)[C@H](CO)NC(=O)C(C)NC(=O)CNC(=O)[C@H]([C@H](C)O)NC1=O. The summed E-state index contributed by atoms with van der Waals surface area (Å²) in [6.07, 6.45) is -0.460. The van der Waals surface area contributed by atoms with E-state index in [1.165, 1.54) is 26.0 Å². The van der Waals surface area contributed by atoms with Crippen LogP contribution in [0.1, 0.15) is 153 Å². The molecule has 90 heavy (non-hydrogen) atoms. The Balaban J connectivity index is 3.02. The normalized spacial score (nSPS) is 24.8. The Labute approximate surface area is 529 Å². The van der Waals surface area contributed by atoms with E-state index in [9.17, 15) is 63.3 Å². The predicted octanol–water partition coefficient (Wildman–Crippen LogP) is -1.26. The van der Waals surface area contributed by atoms with Gasteiger partial charge >= 0.3 is 0 Å². The summed E-state index contributed by atoms with van der Waals surface area (Å²) >= 11 is 0. The van der Waals surface area contributed by atoms with Crippen molar-refractivity contribution in [1.29, 1.82) is 0 Å². The summed E-state index contributed by atoms with van der Waals surface area (Å²) in [5.74, 6) is -13.4. The highest BCUT2D eigenvalue weighted by Gasteiger charge is 2.41. The van der Waals surface area contributed by atoms with Crippen molar-refractivity contribution in [2.24, 2.45) is 56.7 Å². The van der Waals surface area contributed by atoms with Gasteiger partial charge in [0.1, 0.15) is 42.3 Å². The number of hydrogen-bond donors (Lipinski definition) is 16. The smallest absolute Gasteiger partial charge is 0.245 e. The third-order valence-electron chi connectivity index (χ3n) is 14.9. The number of carbonyl (C=O) groups is 11. The molecule has 28 heteroatoms. The maximum absolute atomic E-state index is 15.3. The molecule has 1 aliphatic heterocycles. The van der Waals surface area contributed by atoms with Crippen molar-refractivity contribution in [2.45, 2.75) is 215 Å². The van der Waals surface area contributed by atoms with E-state index in [1.54, 1.807) is 71.9 Å². The lowest BCUT2D eigenvalue weighted by molar-refractivity contribution is -0.138. The number of carbonyl (C=O) groups excluding carboxylic acids is 11. The Hall–Kier alpha value is -7.56. The van der Waals surface area contributed by atoms with Crippen molar-refractivity contribution < 1.29 is 68.1 Å². The van der Waals surface area contributed by atoms with E-state index in [2.05, 4.69) is 58.2 Å². The molecule has 1 heterocycles. The van der Waals surface area contributed by atoms with Crippen LogP contribution in [-0.4, -0.2) is 172 Å². The van der Waals surface area contributed by atoms with Gasteiger partial charge in [-0.3, -0.25) is 57.7 Å². The van der Waals surface area contributed by atoms with Crippen molar-refractivity contribution in [3.05, 3.63) is 48.0 Å². The first-order chi connectivity index (χ1) is 41.8. The molecule has 28 nitrogen and oxygen atoms in total. The molecule has 14 atom stereocenters. The van der Waals surface area contributed by atoms with E-state index in [1.807, 2.05) is 41.5 Å². The van der Waals surface area contributed by atoms with Crippen LogP contribution in [0.3, 0.4) is 0 Å². The lowest BCUT2D eigenvalue weighted by Gasteiger charge is -2.33. The molecule has 19 N–H and O–H groups in total. The topological polar surface area (TPSA) is 459 Å². The van der Waals surface area contributed by atoms with Gasteiger partial charge in [-0.15, -0.1) is 0 Å². The quantitative estimate of drug-likeness (QED) is 0.0296. The van der Waals surface area contributed by atoms with Crippen LogP contribution < -0.4 is 70.4 Å². The molecule has 10 amide bonds. The average Bonchev–Trinajstić information content (AvgIpc) is 1.13. The fourth-order valence-corrected chi connectivity index (χ4v) is 9.73. The maximum Gasteiger partial charge on any atom is 0.245 e. The number of aliphatic hydroxyl groups excluding tert-OH is 3. The molecule has 1 saturated heterocycles. The van der Waals surface area contributed by atoms with Gasteiger partial charge in [0.05, 0.1) is 49.4 Å². The van der Waals surface area contributed by atoms with Crippen LogP contribution in [0.25, 0.3) is 0 Å². The van der Waals surface area contributed by atoms with E-state index in [-0.39, 0.29) is 55.1 Å². The number of nitrogens with zero attached hydrogens (tertiary/aromatic N) is 1. The summed E-state index contributed by atoms with van der Waals surface area (Å²) in [4.78, 5) is 160. The van der Waals surface area contributed by atoms with E-state index in [0.29, 0.717) is 12.8 Å². The van der Waals surface area contributed by atoms with Gasteiger partial charge in [-0.25, -0.2) is 0 Å². The van der Waals surface area contributed by atoms with Crippen molar-refractivity contribution >= 4 is 70.8 Å². The summed E-state index contributed by atoms with van der Waals surface area (Å²) in [5.41, 5.74) is 16.9. The highest BCUT2D eigenvalue weighted by atomic mass is 16.3.